The fourth-order valence-electron chi connectivity index (χ4n) is 2.37. The minimum Gasteiger partial charge on any atom is -0.295 e. The van der Waals surface area contributed by atoms with E-state index < -0.39 is 0 Å². The molecule has 1 unspecified atom stereocenters. The Bertz CT molecular complexity index is 770. The van der Waals surface area contributed by atoms with Gasteiger partial charge in [0, 0.05) is 32.6 Å². The molecule has 0 fully saturated rings. The van der Waals surface area contributed by atoms with Crippen molar-refractivity contribution in [2.75, 3.05) is 5.75 Å². The number of carbonyl (C=O) groups excluding carboxylic acids is 2. The molecule has 2 aromatic rings. The Balaban J connectivity index is 1.63. The maximum atomic E-state index is 12.2. The lowest BCUT2D eigenvalue weighted by molar-refractivity contribution is -0.114. The summed E-state index contributed by atoms with van der Waals surface area (Å²) in [7, 11) is 0. The highest BCUT2D eigenvalue weighted by molar-refractivity contribution is 8.22. The monoisotopic (exact) mass is 374 g/mol. The molecule has 1 aliphatic rings. The highest BCUT2D eigenvalue weighted by Gasteiger charge is 2.23. The van der Waals surface area contributed by atoms with Crippen LogP contribution < -0.4 is 0 Å². The standard InChI is InChI=1S/C19H15ClO2S2/c20-15-8-6-13(7-9-15)17(22)12-23-19-11-16(21)10-18(24-19)14-4-2-1-3-5-14/h1-9,11,18H,10,12H2. The van der Waals surface area contributed by atoms with Crippen molar-refractivity contribution in [3.63, 3.8) is 0 Å². The average Bonchev–Trinajstić information content (AvgIpc) is 2.60. The van der Waals surface area contributed by atoms with Crippen molar-refractivity contribution in [2.24, 2.45) is 0 Å². The molecule has 0 spiro atoms. The lowest BCUT2D eigenvalue weighted by atomic mass is 10.1. The molecule has 5 heteroatoms. The normalized spacial score (nSPS) is 17.5. The Morgan fingerprint density at radius 2 is 1.83 bits per heavy atom. The number of thioether (sulfide) groups is 2. The van der Waals surface area contributed by atoms with Gasteiger partial charge in [-0.25, -0.2) is 0 Å². The second-order valence-electron chi connectivity index (χ2n) is 5.37. The van der Waals surface area contributed by atoms with Crippen molar-refractivity contribution < 1.29 is 9.59 Å². The third-order valence-electron chi connectivity index (χ3n) is 3.61. The maximum Gasteiger partial charge on any atom is 0.173 e. The van der Waals surface area contributed by atoms with Crippen LogP contribution in [0.25, 0.3) is 0 Å². The van der Waals surface area contributed by atoms with Crippen LogP contribution in [-0.4, -0.2) is 17.3 Å². The van der Waals surface area contributed by atoms with E-state index in [1.165, 1.54) is 11.8 Å². The van der Waals surface area contributed by atoms with Crippen molar-refractivity contribution in [3.05, 3.63) is 81.1 Å². The van der Waals surface area contributed by atoms with Crippen LogP contribution in [0.2, 0.25) is 5.02 Å². The van der Waals surface area contributed by atoms with Crippen LogP contribution in [0.15, 0.2) is 64.9 Å². The summed E-state index contributed by atoms with van der Waals surface area (Å²) >= 11 is 8.92. The van der Waals surface area contributed by atoms with E-state index in [1.807, 2.05) is 30.3 Å². The summed E-state index contributed by atoms with van der Waals surface area (Å²) in [5, 5.41) is 0.734. The number of halogens is 1. The molecule has 0 saturated heterocycles. The number of allylic oxidation sites excluding steroid dienone is 1. The van der Waals surface area contributed by atoms with E-state index in [4.69, 9.17) is 11.6 Å². The zero-order chi connectivity index (χ0) is 16.9. The minimum atomic E-state index is 0.0347. The molecule has 1 atom stereocenters. The van der Waals surface area contributed by atoms with Gasteiger partial charge in [0.25, 0.3) is 0 Å². The molecule has 24 heavy (non-hydrogen) atoms. The summed E-state index contributed by atoms with van der Waals surface area (Å²) in [6.07, 6.45) is 2.16. The summed E-state index contributed by atoms with van der Waals surface area (Å²) in [5.41, 5.74) is 1.78. The molecule has 1 heterocycles. The zero-order valence-electron chi connectivity index (χ0n) is 12.8. The molecular weight excluding hydrogens is 360 g/mol. The van der Waals surface area contributed by atoms with Crippen LogP contribution in [0.4, 0.5) is 0 Å². The predicted octanol–water partition coefficient (Wildman–Crippen LogP) is 5.54. The summed E-state index contributed by atoms with van der Waals surface area (Å²) in [4.78, 5) is 24.3. The van der Waals surface area contributed by atoms with Gasteiger partial charge in [0.05, 0.1) is 5.75 Å². The first-order valence-electron chi connectivity index (χ1n) is 7.49. The van der Waals surface area contributed by atoms with E-state index >= 15 is 0 Å². The second kappa shape index (κ2) is 8.06. The molecule has 0 aromatic heterocycles. The molecule has 2 aromatic carbocycles. The van der Waals surface area contributed by atoms with Crippen molar-refractivity contribution in [2.45, 2.75) is 11.7 Å². The Hall–Kier alpha value is -1.49. The molecule has 0 amide bonds. The molecule has 2 nitrogen and oxygen atoms in total. The van der Waals surface area contributed by atoms with Crippen molar-refractivity contribution in [1.29, 1.82) is 0 Å². The fraction of sp³-hybridized carbons (Fsp3) is 0.158. The third kappa shape index (κ3) is 4.53. The minimum absolute atomic E-state index is 0.0347. The summed E-state index contributed by atoms with van der Waals surface area (Å²) in [5.74, 6) is 0.464. The first-order chi connectivity index (χ1) is 11.6. The van der Waals surface area contributed by atoms with Crippen LogP contribution in [-0.2, 0) is 4.79 Å². The lowest BCUT2D eigenvalue weighted by Gasteiger charge is -2.21. The van der Waals surface area contributed by atoms with Gasteiger partial charge in [-0.15, -0.1) is 23.5 Å². The Kier molecular flexibility index (Phi) is 5.82. The van der Waals surface area contributed by atoms with Gasteiger partial charge in [0.15, 0.2) is 11.6 Å². The van der Waals surface area contributed by atoms with Gasteiger partial charge in [-0.2, -0.15) is 0 Å². The van der Waals surface area contributed by atoms with Gasteiger partial charge in [0.1, 0.15) is 0 Å². The van der Waals surface area contributed by atoms with Gasteiger partial charge >= 0.3 is 0 Å². The number of rotatable bonds is 5. The van der Waals surface area contributed by atoms with Crippen LogP contribution in [0.1, 0.15) is 27.6 Å². The van der Waals surface area contributed by atoms with E-state index in [2.05, 4.69) is 0 Å². The summed E-state index contributed by atoms with van der Waals surface area (Å²) in [6, 6.07) is 16.9. The Morgan fingerprint density at radius 1 is 1.12 bits per heavy atom. The van der Waals surface area contributed by atoms with E-state index in [0.29, 0.717) is 22.8 Å². The van der Waals surface area contributed by atoms with E-state index in [1.54, 1.807) is 42.1 Å². The molecular formula is C19H15ClO2S2. The van der Waals surface area contributed by atoms with Crippen LogP contribution in [0.5, 0.6) is 0 Å². The number of ketones is 2. The average molecular weight is 375 g/mol. The number of benzene rings is 2. The van der Waals surface area contributed by atoms with Crippen LogP contribution in [0, 0.1) is 0 Å². The fourth-order valence-corrected chi connectivity index (χ4v) is 4.97. The van der Waals surface area contributed by atoms with Gasteiger partial charge < -0.3 is 0 Å². The SMILES string of the molecule is O=C1C=C(SCC(=O)c2ccc(Cl)cc2)SC(c2ccccc2)C1. The molecule has 0 saturated carbocycles. The molecule has 0 aliphatic carbocycles. The Labute approximate surface area is 154 Å². The molecule has 0 radical (unpaired) electrons. The third-order valence-corrected chi connectivity index (χ3v) is 6.38. The quantitative estimate of drug-likeness (QED) is 0.643. The summed E-state index contributed by atoms with van der Waals surface area (Å²) in [6.45, 7) is 0. The lowest BCUT2D eigenvalue weighted by Crippen LogP contribution is -2.08. The number of hydrogen-bond acceptors (Lipinski definition) is 4. The van der Waals surface area contributed by atoms with Crippen molar-refractivity contribution in [1.82, 2.24) is 0 Å². The smallest absolute Gasteiger partial charge is 0.173 e. The predicted molar refractivity (Wildman–Crippen MR) is 103 cm³/mol. The second-order valence-corrected chi connectivity index (χ2v) is 8.33. The van der Waals surface area contributed by atoms with E-state index in [-0.39, 0.29) is 16.8 Å². The number of hydrogen-bond donors (Lipinski definition) is 0. The zero-order valence-corrected chi connectivity index (χ0v) is 15.2. The number of carbonyl (C=O) groups is 2. The summed E-state index contributed by atoms with van der Waals surface area (Å²) < 4.78 is 0.905. The highest BCUT2D eigenvalue weighted by atomic mass is 35.5. The molecule has 0 bridgehead atoms. The maximum absolute atomic E-state index is 12.2. The molecule has 0 N–H and O–H groups in total. The first kappa shape index (κ1) is 17.3. The molecule has 1 aliphatic heterocycles. The molecule has 122 valence electrons. The van der Waals surface area contributed by atoms with Crippen molar-refractivity contribution >= 4 is 46.7 Å². The largest absolute Gasteiger partial charge is 0.295 e. The molecule has 3 rings (SSSR count). The first-order valence-corrected chi connectivity index (χ1v) is 9.74. The topological polar surface area (TPSA) is 34.1 Å². The van der Waals surface area contributed by atoms with Gasteiger partial charge in [-0.05, 0) is 29.8 Å². The van der Waals surface area contributed by atoms with Crippen molar-refractivity contribution in [3.8, 4) is 0 Å². The highest BCUT2D eigenvalue weighted by Crippen LogP contribution is 2.45. The van der Waals surface area contributed by atoms with Crippen LogP contribution >= 0.6 is 35.1 Å². The van der Waals surface area contributed by atoms with Gasteiger partial charge in [0.2, 0.25) is 0 Å². The van der Waals surface area contributed by atoms with E-state index in [9.17, 15) is 9.59 Å². The Morgan fingerprint density at radius 3 is 2.54 bits per heavy atom. The van der Waals surface area contributed by atoms with E-state index in [0.717, 1.165) is 9.80 Å². The van der Waals surface area contributed by atoms with Crippen LogP contribution in [0.3, 0.4) is 0 Å². The van der Waals surface area contributed by atoms with Gasteiger partial charge in [-0.1, -0.05) is 41.9 Å². The van der Waals surface area contributed by atoms with Gasteiger partial charge in [-0.3, -0.25) is 9.59 Å². The number of Topliss-reactive ketones (excluding diaryl/α,β-unsaturated/α-hetero) is 1.